The smallest absolute Gasteiger partial charge is 0.273 e. The molecule has 0 aromatic heterocycles. The van der Waals surface area contributed by atoms with Crippen LogP contribution in [-0.2, 0) is 4.79 Å². The minimum atomic E-state index is -0.385. The van der Waals surface area contributed by atoms with Gasteiger partial charge in [0.05, 0.1) is 11.6 Å². The van der Waals surface area contributed by atoms with Gasteiger partial charge in [0.15, 0.2) is 0 Å². The Morgan fingerprint density at radius 2 is 2.04 bits per heavy atom. The molecule has 1 aromatic carbocycles. The van der Waals surface area contributed by atoms with Crippen LogP contribution < -0.4 is 5.32 Å². The van der Waals surface area contributed by atoms with Crippen LogP contribution in [0.2, 0.25) is 0 Å². The first-order valence-electron chi connectivity index (χ1n) is 9.00. The van der Waals surface area contributed by atoms with Gasteiger partial charge < -0.3 is 10.2 Å². The number of halogens is 1. The second kappa shape index (κ2) is 6.71. The fourth-order valence-corrected chi connectivity index (χ4v) is 3.62. The van der Waals surface area contributed by atoms with Gasteiger partial charge in [0.1, 0.15) is 11.5 Å². The van der Waals surface area contributed by atoms with Crippen LogP contribution in [0, 0.1) is 11.7 Å². The maximum Gasteiger partial charge on any atom is 0.273 e. The molecule has 2 heterocycles. The lowest BCUT2D eigenvalue weighted by atomic mass is 9.92. The first kappa shape index (κ1) is 18.4. The summed E-state index contributed by atoms with van der Waals surface area (Å²) in [6.45, 7) is 13.1. The average Bonchev–Trinajstić information content (AvgIpc) is 2.73. The van der Waals surface area contributed by atoms with Crippen molar-refractivity contribution < 1.29 is 9.18 Å². The van der Waals surface area contributed by atoms with Gasteiger partial charge in [0.2, 0.25) is 0 Å². The van der Waals surface area contributed by atoms with E-state index < -0.39 is 0 Å². The second-order valence-corrected chi connectivity index (χ2v) is 7.81. The van der Waals surface area contributed by atoms with Crippen molar-refractivity contribution in [3.05, 3.63) is 59.6 Å². The molecule has 0 aliphatic carbocycles. The molecule has 4 nitrogen and oxygen atoms in total. The highest BCUT2D eigenvalue weighted by molar-refractivity contribution is 6.48. The Kier molecular flexibility index (Phi) is 4.74. The highest BCUT2D eigenvalue weighted by atomic mass is 19.1. The Hall–Kier alpha value is -2.43. The molecule has 1 fully saturated rings. The third-order valence-electron chi connectivity index (χ3n) is 4.81. The van der Waals surface area contributed by atoms with Crippen molar-refractivity contribution in [2.24, 2.45) is 10.9 Å². The highest BCUT2D eigenvalue weighted by Crippen LogP contribution is 2.40. The predicted molar refractivity (Wildman–Crippen MR) is 102 cm³/mol. The normalized spacial score (nSPS) is 22.1. The fourth-order valence-electron chi connectivity index (χ4n) is 3.62. The van der Waals surface area contributed by atoms with Gasteiger partial charge in [-0.15, -0.1) is 6.58 Å². The van der Waals surface area contributed by atoms with Gasteiger partial charge in [-0.3, -0.25) is 9.79 Å². The number of benzene rings is 1. The summed E-state index contributed by atoms with van der Waals surface area (Å²) in [4.78, 5) is 19.8. The van der Waals surface area contributed by atoms with Gasteiger partial charge in [0, 0.05) is 24.4 Å². The minimum absolute atomic E-state index is 0.0934. The van der Waals surface area contributed by atoms with Crippen LogP contribution in [0.5, 0.6) is 0 Å². The average molecular weight is 355 g/mol. The van der Waals surface area contributed by atoms with E-state index in [-0.39, 0.29) is 29.2 Å². The van der Waals surface area contributed by atoms with Crippen LogP contribution in [0.1, 0.15) is 39.3 Å². The molecule has 0 bridgehead atoms. The number of likely N-dealkylation sites (tertiary alicyclic amines) is 1. The lowest BCUT2D eigenvalue weighted by molar-refractivity contribution is -0.123. The molecule has 1 N–H and O–H groups in total. The van der Waals surface area contributed by atoms with Gasteiger partial charge >= 0.3 is 0 Å². The quantitative estimate of drug-likeness (QED) is 0.839. The van der Waals surface area contributed by atoms with E-state index in [9.17, 15) is 9.18 Å². The zero-order valence-electron chi connectivity index (χ0n) is 15.8. The molecule has 1 aromatic rings. The number of nitrogens with zero attached hydrogens (tertiary/aromatic N) is 2. The van der Waals surface area contributed by atoms with E-state index in [0.29, 0.717) is 18.8 Å². The van der Waals surface area contributed by atoms with Crippen LogP contribution in [0.3, 0.4) is 0 Å². The zero-order chi connectivity index (χ0) is 19.1. The van der Waals surface area contributed by atoms with E-state index in [0.717, 1.165) is 16.8 Å². The van der Waals surface area contributed by atoms with E-state index in [1.165, 1.54) is 12.1 Å². The van der Waals surface area contributed by atoms with Crippen molar-refractivity contribution in [2.75, 3.05) is 13.1 Å². The molecule has 0 spiro atoms. The van der Waals surface area contributed by atoms with Crippen LogP contribution in [0.15, 0.2) is 53.2 Å². The van der Waals surface area contributed by atoms with Crippen molar-refractivity contribution in [3.63, 3.8) is 0 Å². The van der Waals surface area contributed by atoms with Gasteiger partial charge in [-0.1, -0.05) is 32.1 Å². The summed E-state index contributed by atoms with van der Waals surface area (Å²) in [6.07, 6.45) is 1.72. The summed E-state index contributed by atoms with van der Waals surface area (Å²) < 4.78 is 13.5. The number of nitrogens with one attached hydrogen (secondary N) is 1. The number of rotatable bonds is 4. The lowest BCUT2D eigenvalue weighted by Crippen LogP contribution is -2.35. The Labute approximate surface area is 154 Å². The molecule has 0 saturated carbocycles. The van der Waals surface area contributed by atoms with Crippen molar-refractivity contribution in [3.8, 4) is 0 Å². The van der Waals surface area contributed by atoms with Crippen LogP contribution in [0.25, 0.3) is 0 Å². The fraction of sp³-hybridized carbons (Fsp3) is 0.429. The molecule has 26 heavy (non-hydrogen) atoms. The second-order valence-electron chi connectivity index (χ2n) is 7.81. The van der Waals surface area contributed by atoms with Crippen LogP contribution in [-0.4, -0.2) is 35.1 Å². The first-order chi connectivity index (χ1) is 12.2. The summed E-state index contributed by atoms with van der Waals surface area (Å²) in [5.74, 6) is -0.173. The highest BCUT2D eigenvalue weighted by Gasteiger charge is 2.45. The van der Waals surface area contributed by atoms with E-state index in [1.54, 1.807) is 23.1 Å². The number of hydrogen-bond donors (Lipinski definition) is 1. The molecule has 2 aliphatic rings. The molecule has 5 heteroatoms. The van der Waals surface area contributed by atoms with Crippen LogP contribution in [0.4, 0.5) is 4.39 Å². The summed E-state index contributed by atoms with van der Waals surface area (Å²) >= 11 is 0. The van der Waals surface area contributed by atoms with Gasteiger partial charge in [-0.05, 0) is 37.5 Å². The van der Waals surface area contributed by atoms with E-state index in [4.69, 9.17) is 4.99 Å². The molecule has 1 amide bonds. The Morgan fingerprint density at radius 1 is 1.38 bits per heavy atom. The standard InChI is InChI=1S/C21H26FN3O/c1-6-11-25-19(14-7-9-15(22)10-8-14)16-17(13(2)3)23-12-21(4,5)24-18(16)20(25)26/h6-10,13,19,23H,1,11-12H2,2-5H3. The molecule has 0 radical (unpaired) electrons. The van der Waals surface area contributed by atoms with Crippen molar-refractivity contribution in [2.45, 2.75) is 39.3 Å². The zero-order valence-corrected chi connectivity index (χ0v) is 15.8. The Bertz CT molecular complexity index is 790. The molecule has 3 rings (SSSR count). The SMILES string of the molecule is C=CCN1C(=O)C2=NC(C)(C)CNC(C(C)C)=C2C1c1ccc(F)cc1. The predicted octanol–water partition coefficient (Wildman–Crippen LogP) is 3.63. The number of carbonyl (C=O) groups is 1. The topological polar surface area (TPSA) is 44.7 Å². The summed E-state index contributed by atoms with van der Waals surface area (Å²) in [7, 11) is 0. The molecule has 1 saturated heterocycles. The maximum absolute atomic E-state index is 13.5. The maximum atomic E-state index is 13.5. The van der Waals surface area contributed by atoms with Crippen molar-refractivity contribution in [1.29, 1.82) is 0 Å². The van der Waals surface area contributed by atoms with E-state index in [1.807, 2.05) is 13.8 Å². The molecular weight excluding hydrogens is 329 g/mol. The third kappa shape index (κ3) is 3.18. The third-order valence-corrected chi connectivity index (χ3v) is 4.81. The summed E-state index contributed by atoms with van der Waals surface area (Å²) in [5.41, 5.74) is 2.94. The summed E-state index contributed by atoms with van der Waals surface area (Å²) in [5, 5.41) is 3.52. The number of hydrogen-bond acceptors (Lipinski definition) is 3. The number of carbonyl (C=O) groups excluding carboxylic acids is 1. The minimum Gasteiger partial charge on any atom is -0.385 e. The van der Waals surface area contributed by atoms with E-state index in [2.05, 4.69) is 25.7 Å². The number of allylic oxidation sites excluding steroid dienone is 1. The molecule has 2 aliphatic heterocycles. The monoisotopic (exact) mass is 355 g/mol. The Balaban J connectivity index is 2.25. The lowest BCUT2D eigenvalue weighted by Gasteiger charge is -2.27. The molecule has 138 valence electrons. The summed E-state index contributed by atoms with van der Waals surface area (Å²) in [6, 6.07) is 6.06. The molecular formula is C21H26FN3O. The molecule has 1 atom stereocenters. The van der Waals surface area contributed by atoms with Gasteiger partial charge in [-0.25, -0.2) is 4.39 Å². The number of amides is 1. The Morgan fingerprint density at radius 3 is 2.62 bits per heavy atom. The molecule has 1 unspecified atom stereocenters. The largest absolute Gasteiger partial charge is 0.385 e. The first-order valence-corrected chi connectivity index (χ1v) is 9.00. The van der Waals surface area contributed by atoms with Crippen LogP contribution >= 0.6 is 0 Å². The van der Waals surface area contributed by atoms with E-state index >= 15 is 0 Å². The van der Waals surface area contributed by atoms with Crippen molar-refractivity contribution >= 4 is 11.6 Å². The number of fused-ring (bicyclic) bond motifs is 1. The van der Waals surface area contributed by atoms with Gasteiger partial charge in [-0.2, -0.15) is 0 Å². The van der Waals surface area contributed by atoms with Crippen molar-refractivity contribution in [1.82, 2.24) is 10.2 Å². The number of aliphatic imine (C=N–C) groups is 1. The van der Waals surface area contributed by atoms with Gasteiger partial charge in [0.25, 0.3) is 5.91 Å².